The Morgan fingerprint density at radius 3 is 1.16 bits per heavy atom. The number of benzene rings is 6. The van der Waals surface area contributed by atoms with E-state index in [9.17, 15) is 43.2 Å². The highest BCUT2D eigenvalue weighted by atomic mass is 16.6. The standard InChI is InChI=1S/C78H92N6O18/c1-77(2,3)101-69(88)45-39-63(82-70(89)61(37-23-24-46-79-75(94)102-78(4,5)6)84-76(95)100-51-60-58-35-21-19-33-56(58)57-34-20-22-36-59(57)60)71(90)81-62(72(91)83-65(74(93)99-50-55-31-17-10-18-32-55)41-44-68(87)97-48-53-27-13-8-14-28-53)38-42-66(85)80-64(73(92)98-49-54-29-15-9-16-30-54)40-43-67(86)96-47-52-25-11-7-12-26-52/h7-22,25-36,60-65H,23-24,37-51H2,1-6H3,(H,79,94)(H,80,85)(H,81,90)(H,82,89)(H,83,91)(H,84,95). The van der Waals surface area contributed by atoms with E-state index in [1.165, 1.54) is 0 Å². The molecule has 7 rings (SSSR count). The zero-order valence-electron chi connectivity index (χ0n) is 58.5. The second kappa shape index (κ2) is 39.8. The van der Waals surface area contributed by atoms with Crippen molar-refractivity contribution in [3.8, 4) is 11.1 Å². The van der Waals surface area contributed by atoms with E-state index in [1.54, 1.807) is 163 Å². The van der Waals surface area contributed by atoms with Gasteiger partial charge in [-0.25, -0.2) is 19.2 Å². The van der Waals surface area contributed by atoms with Gasteiger partial charge < -0.3 is 65.1 Å². The zero-order valence-corrected chi connectivity index (χ0v) is 58.5. The number of nitrogens with one attached hydrogen (secondary N) is 6. The third-order valence-corrected chi connectivity index (χ3v) is 16.0. The number of fused-ring (bicyclic) bond motifs is 3. The molecule has 0 spiro atoms. The third-order valence-electron chi connectivity index (χ3n) is 16.0. The summed E-state index contributed by atoms with van der Waals surface area (Å²) in [5.74, 6) is -8.39. The highest BCUT2D eigenvalue weighted by Gasteiger charge is 2.36. The lowest BCUT2D eigenvalue weighted by atomic mass is 9.98. The molecule has 0 saturated carbocycles. The lowest BCUT2D eigenvalue weighted by molar-refractivity contribution is -0.155. The fraction of sp³-hybridized carbons (Fsp3) is 0.397. The predicted molar refractivity (Wildman–Crippen MR) is 376 cm³/mol. The number of unbranched alkanes of at least 4 members (excludes halogenated alkanes) is 1. The van der Waals surface area contributed by atoms with Crippen LogP contribution < -0.4 is 31.9 Å². The first kappa shape index (κ1) is 78.4. The van der Waals surface area contributed by atoms with Crippen LogP contribution in [-0.4, -0.2) is 120 Å². The Hall–Kier alpha value is -10.9. The number of rotatable bonds is 37. The molecule has 6 aromatic carbocycles. The van der Waals surface area contributed by atoms with Gasteiger partial charge in [0.25, 0.3) is 0 Å². The summed E-state index contributed by atoms with van der Waals surface area (Å²) >= 11 is 0. The fourth-order valence-corrected chi connectivity index (χ4v) is 10.9. The summed E-state index contributed by atoms with van der Waals surface area (Å²) < 4.78 is 39.1. The van der Waals surface area contributed by atoms with Crippen molar-refractivity contribution >= 4 is 65.7 Å². The number of esters is 5. The summed E-state index contributed by atoms with van der Waals surface area (Å²) in [6.45, 7) is 9.43. The van der Waals surface area contributed by atoms with Crippen LogP contribution in [-0.2, 0) is 103 Å². The zero-order chi connectivity index (χ0) is 73.4. The molecule has 0 radical (unpaired) electrons. The van der Waals surface area contributed by atoms with Crippen LogP contribution in [0, 0.1) is 0 Å². The largest absolute Gasteiger partial charge is 0.461 e. The smallest absolute Gasteiger partial charge is 0.407 e. The Balaban J connectivity index is 1.16. The van der Waals surface area contributed by atoms with Crippen LogP contribution in [0.2, 0.25) is 0 Å². The Morgan fingerprint density at radius 2 is 0.716 bits per heavy atom. The van der Waals surface area contributed by atoms with Gasteiger partial charge in [0, 0.05) is 38.1 Å². The second-order valence-electron chi connectivity index (χ2n) is 26.5. The van der Waals surface area contributed by atoms with Gasteiger partial charge in [-0.3, -0.25) is 33.6 Å². The number of ether oxygens (including phenoxy) is 7. The average molecular weight is 1400 g/mol. The van der Waals surface area contributed by atoms with E-state index in [0.717, 1.165) is 22.3 Å². The summed E-state index contributed by atoms with van der Waals surface area (Å²) in [6, 6.07) is 42.5. The predicted octanol–water partition coefficient (Wildman–Crippen LogP) is 9.96. The van der Waals surface area contributed by atoms with E-state index < -0.39 is 139 Å². The van der Waals surface area contributed by atoms with Gasteiger partial charge in [0.2, 0.25) is 23.6 Å². The van der Waals surface area contributed by atoms with Crippen molar-refractivity contribution in [3.05, 3.63) is 203 Å². The van der Waals surface area contributed by atoms with E-state index in [-0.39, 0.29) is 84.0 Å². The topological polar surface area (TPSA) is 325 Å². The first-order chi connectivity index (χ1) is 48.9. The molecule has 0 saturated heterocycles. The molecule has 542 valence electrons. The summed E-state index contributed by atoms with van der Waals surface area (Å²) in [5, 5.41) is 15.8. The van der Waals surface area contributed by atoms with Crippen LogP contribution in [0.4, 0.5) is 9.59 Å². The number of carbonyl (C=O) groups is 11. The lowest BCUT2D eigenvalue weighted by Crippen LogP contribution is -2.58. The monoisotopic (exact) mass is 1400 g/mol. The number of amides is 6. The van der Waals surface area contributed by atoms with Gasteiger partial charge >= 0.3 is 42.0 Å². The van der Waals surface area contributed by atoms with Crippen molar-refractivity contribution < 1.29 is 85.9 Å². The summed E-state index contributed by atoms with van der Waals surface area (Å²) in [6.07, 6.45) is -4.79. The molecule has 0 bridgehead atoms. The number of carbonyl (C=O) groups excluding carboxylic acids is 11. The minimum absolute atomic E-state index is 0.0603. The number of hydrogen-bond donors (Lipinski definition) is 6. The molecule has 6 N–H and O–H groups in total. The molecule has 5 unspecified atom stereocenters. The molecular weight excluding hydrogens is 1310 g/mol. The number of hydrogen-bond acceptors (Lipinski definition) is 18. The molecule has 0 aliphatic heterocycles. The summed E-state index contributed by atoms with van der Waals surface area (Å²) in [7, 11) is 0. The average Bonchev–Trinajstić information content (AvgIpc) is 1.62. The van der Waals surface area contributed by atoms with Crippen molar-refractivity contribution in [2.24, 2.45) is 0 Å². The van der Waals surface area contributed by atoms with Crippen molar-refractivity contribution in [1.29, 1.82) is 0 Å². The van der Waals surface area contributed by atoms with Crippen LogP contribution in [0.1, 0.15) is 151 Å². The van der Waals surface area contributed by atoms with Gasteiger partial charge in [-0.15, -0.1) is 0 Å². The van der Waals surface area contributed by atoms with Gasteiger partial charge in [0.05, 0.1) is 0 Å². The van der Waals surface area contributed by atoms with Gasteiger partial charge in [0.15, 0.2) is 0 Å². The molecule has 6 aromatic rings. The van der Waals surface area contributed by atoms with Crippen molar-refractivity contribution in [1.82, 2.24) is 31.9 Å². The van der Waals surface area contributed by atoms with Crippen molar-refractivity contribution in [2.45, 2.75) is 186 Å². The highest BCUT2D eigenvalue weighted by Crippen LogP contribution is 2.44. The molecule has 24 heteroatoms. The van der Waals surface area contributed by atoms with Gasteiger partial charge in [-0.05, 0) is 131 Å². The van der Waals surface area contributed by atoms with E-state index in [4.69, 9.17) is 33.2 Å². The van der Waals surface area contributed by atoms with Crippen molar-refractivity contribution in [2.75, 3.05) is 13.2 Å². The molecule has 102 heavy (non-hydrogen) atoms. The second-order valence-corrected chi connectivity index (χ2v) is 26.5. The lowest BCUT2D eigenvalue weighted by Gasteiger charge is -2.27. The summed E-state index contributed by atoms with van der Waals surface area (Å²) in [5.41, 5.74) is 4.66. The Labute approximate surface area is 594 Å². The molecule has 1 aliphatic rings. The van der Waals surface area contributed by atoms with E-state index in [0.29, 0.717) is 22.3 Å². The van der Waals surface area contributed by atoms with Gasteiger partial charge in [0.1, 0.15) is 74.4 Å². The molecular formula is C78H92N6O18. The molecule has 24 nitrogen and oxygen atoms in total. The molecule has 0 aromatic heterocycles. The first-order valence-corrected chi connectivity index (χ1v) is 34.2. The Morgan fingerprint density at radius 1 is 0.353 bits per heavy atom. The maximum Gasteiger partial charge on any atom is 0.407 e. The molecule has 6 amide bonds. The van der Waals surface area contributed by atoms with Crippen LogP contribution in [0.3, 0.4) is 0 Å². The van der Waals surface area contributed by atoms with Crippen molar-refractivity contribution in [3.63, 3.8) is 0 Å². The molecule has 5 atom stereocenters. The number of alkyl carbamates (subject to hydrolysis) is 2. The van der Waals surface area contributed by atoms with E-state index in [2.05, 4.69) is 31.9 Å². The Bertz CT molecular complexity index is 3720. The minimum atomic E-state index is -1.79. The van der Waals surface area contributed by atoms with Gasteiger partial charge in [-0.2, -0.15) is 0 Å². The molecule has 1 aliphatic carbocycles. The minimum Gasteiger partial charge on any atom is -0.461 e. The van der Waals surface area contributed by atoms with Gasteiger partial charge in [-0.1, -0.05) is 170 Å². The molecule has 0 fully saturated rings. The summed E-state index contributed by atoms with van der Waals surface area (Å²) in [4.78, 5) is 154. The Kier molecular flexibility index (Phi) is 30.6. The van der Waals surface area contributed by atoms with Crippen LogP contribution >= 0.6 is 0 Å². The fourth-order valence-electron chi connectivity index (χ4n) is 10.9. The van der Waals surface area contributed by atoms with Crippen LogP contribution in [0.15, 0.2) is 170 Å². The maximum atomic E-state index is 15.1. The van der Waals surface area contributed by atoms with E-state index >= 15 is 9.59 Å². The van der Waals surface area contributed by atoms with Crippen LogP contribution in [0.5, 0.6) is 0 Å². The van der Waals surface area contributed by atoms with E-state index in [1.807, 2.05) is 48.5 Å². The SMILES string of the molecule is CC(C)(C)OC(=O)CCC(NC(=O)C(CCCCNC(=O)OC(C)(C)C)NC(=O)OCC1c2ccccc2-c2ccccc21)C(=O)NC(CCC(=O)NC(CCC(=O)OCc1ccccc1)C(=O)OCc1ccccc1)C(=O)NC(CCC(=O)OCc1ccccc1)C(=O)OCc1ccccc1. The highest BCUT2D eigenvalue weighted by molar-refractivity contribution is 5.96. The normalized spacial score (nSPS) is 13.1. The quantitative estimate of drug-likeness (QED) is 0.0120. The third kappa shape index (κ3) is 27.7. The molecule has 0 heterocycles. The van der Waals surface area contributed by atoms with Crippen LogP contribution in [0.25, 0.3) is 11.1 Å². The maximum absolute atomic E-state index is 15.1. The first-order valence-electron chi connectivity index (χ1n) is 34.2.